The summed E-state index contributed by atoms with van der Waals surface area (Å²) in [6.07, 6.45) is 0. The molecular weight excluding hydrogens is 916 g/mol. The molecule has 0 saturated heterocycles. The number of hydrogen-bond donors (Lipinski definition) is 1. The van der Waals surface area contributed by atoms with E-state index >= 15 is 0 Å². The van der Waals surface area contributed by atoms with Crippen LogP contribution in [-0.2, 0) is 27.3 Å². The molecule has 8 rings (SSSR count). The first kappa shape index (κ1) is 56.2. The zero-order valence-corrected chi connectivity index (χ0v) is 45.5. The third kappa shape index (κ3) is 12.8. The van der Waals surface area contributed by atoms with Gasteiger partial charge in [0.25, 0.3) is 0 Å². The van der Waals surface area contributed by atoms with Crippen molar-refractivity contribution in [3.05, 3.63) is 189 Å². The molecule has 0 aliphatic heterocycles. The van der Waals surface area contributed by atoms with Crippen LogP contribution in [0.2, 0.25) is 0 Å². The molecule has 368 valence electrons. The van der Waals surface area contributed by atoms with Gasteiger partial charge in [0.15, 0.2) is 0 Å². The van der Waals surface area contributed by atoms with Crippen LogP contribution in [0.4, 0.5) is 0 Å². The van der Waals surface area contributed by atoms with Gasteiger partial charge in [-0.05, 0) is 169 Å². The number of rotatable bonds is 11. The van der Waals surface area contributed by atoms with Crippen molar-refractivity contribution in [2.45, 2.75) is 100 Å². The van der Waals surface area contributed by atoms with Crippen LogP contribution in [0.3, 0.4) is 0 Å². The first-order chi connectivity index (χ1) is 33.1. The fraction of sp³-hybridized carbons (Fsp3) is 0.267. The Morgan fingerprint density at radius 3 is 1.26 bits per heavy atom. The summed E-state index contributed by atoms with van der Waals surface area (Å²) in [5, 5.41) is 11.4. The van der Waals surface area contributed by atoms with Crippen LogP contribution in [0, 0.1) is 27.7 Å². The van der Waals surface area contributed by atoms with Crippen LogP contribution in [0.15, 0.2) is 133 Å². The number of aromatic nitrogens is 2. The van der Waals surface area contributed by atoms with Crippen molar-refractivity contribution in [2.24, 2.45) is 0 Å². The Kier molecular flexibility index (Phi) is 18.1. The Labute approximate surface area is 444 Å². The number of ether oxygens (including phenoxy) is 3. The zero-order chi connectivity index (χ0) is 50.7. The number of carbonyl (C=O) groups excluding carboxylic acids is 3. The fourth-order valence-electron chi connectivity index (χ4n) is 8.62. The molecule has 8 aromatic rings. The van der Waals surface area contributed by atoms with Crippen LogP contribution in [0.1, 0.15) is 124 Å². The van der Waals surface area contributed by atoms with Crippen LogP contribution < -0.4 is 29.6 Å². The third-order valence-corrected chi connectivity index (χ3v) is 12.3. The van der Waals surface area contributed by atoms with Gasteiger partial charge in [-0.2, -0.15) is 0 Å². The predicted molar refractivity (Wildman–Crippen MR) is 280 cm³/mol. The Hall–Kier alpha value is -6.76. The summed E-state index contributed by atoms with van der Waals surface area (Å²) in [5.41, 5.74) is 13.3. The zero-order valence-electron chi connectivity index (χ0n) is 43.5. The predicted octanol–water partition coefficient (Wildman–Crippen LogP) is 10.6. The van der Waals surface area contributed by atoms with Gasteiger partial charge in [0.1, 0.15) is 11.2 Å². The number of hydrogen-bond acceptors (Lipinski definition) is 8. The normalized spacial score (nSPS) is 11.2. The van der Waals surface area contributed by atoms with E-state index in [1.165, 1.54) is 0 Å². The molecule has 2 heterocycles. The minimum Gasteiger partial charge on any atom is -0.870 e. The minimum absolute atomic E-state index is 0. The maximum Gasteiger partial charge on any atom is 1.00 e. The Morgan fingerprint density at radius 2 is 0.889 bits per heavy atom. The number of aromatic carboxylic acids is 1. The van der Waals surface area contributed by atoms with Gasteiger partial charge in [0.2, 0.25) is 0 Å². The number of benzene rings is 6. The van der Waals surface area contributed by atoms with Crippen LogP contribution in [0.5, 0.6) is 0 Å². The van der Waals surface area contributed by atoms with Gasteiger partial charge in [-0.1, -0.05) is 84.9 Å². The summed E-state index contributed by atoms with van der Waals surface area (Å²) in [7, 11) is 0. The van der Waals surface area contributed by atoms with Crippen molar-refractivity contribution in [2.75, 3.05) is 6.61 Å². The van der Waals surface area contributed by atoms with Crippen molar-refractivity contribution in [1.82, 2.24) is 9.13 Å². The number of fused-ring (bicyclic) bond motifs is 2. The molecule has 2 aromatic heterocycles. The summed E-state index contributed by atoms with van der Waals surface area (Å²) < 4.78 is 20.8. The Bertz CT molecular complexity index is 3260. The van der Waals surface area contributed by atoms with E-state index in [2.05, 4.69) is 54.2 Å². The second-order valence-corrected chi connectivity index (χ2v) is 19.6. The summed E-state index contributed by atoms with van der Waals surface area (Å²) >= 11 is 0. The number of nitrogens with zero attached hydrogens (tertiary/aromatic N) is 2. The minimum atomic E-state index is -0.922. The molecule has 0 radical (unpaired) electrons. The third-order valence-electron chi connectivity index (χ3n) is 12.3. The van der Waals surface area contributed by atoms with Crippen molar-refractivity contribution in [3.63, 3.8) is 0 Å². The maximum atomic E-state index is 12.8. The number of carboxylic acids is 1. The van der Waals surface area contributed by atoms with Crippen molar-refractivity contribution >= 4 is 45.7 Å². The molecule has 0 amide bonds. The monoisotopic (exact) mass is 978 g/mol. The first-order valence-electron chi connectivity index (χ1n) is 23.6. The van der Waals surface area contributed by atoms with Crippen LogP contribution >= 0.6 is 0 Å². The van der Waals surface area contributed by atoms with Gasteiger partial charge in [-0.25, -0.2) is 19.2 Å². The summed E-state index contributed by atoms with van der Waals surface area (Å²) in [6, 6.07) is 42.5. The quantitative estimate of drug-likeness (QED) is 0.0757. The van der Waals surface area contributed by atoms with E-state index < -0.39 is 17.2 Å². The molecule has 12 heteroatoms. The van der Waals surface area contributed by atoms with E-state index in [4.69, 9.17) is 14.2 Å². The van der Waals surface area contributed by atoms with E-state index in [9.17, 15) is 24.3 Å². The molecule has 0 saturated carbocycles. The molecule has 0 aliphatic rings. The van der Waals surface area contributed by atoms with Crippen LogP contribution in [-0.4, -0.2) is 61.4 Å². The van der Waals surface area contributed by atoms with Gasteiger partial charge in [-0.15, -0.1) is 0 Å². The molecule has 6 aromatic carbocycles. The summed E-state index contributed by atoms with van der Waals surface area (Å²) in [6.45, 7) is 23.0. The van der Waals surface area contributed by atoms with Crippen molar-refractivity contribution in [3.8, 4) is 22.3 Å². The van der Waals surface area contributed by atoms with E-state index in [0.717, 1.165) is 77.7 Å². The molecule has 0 spiro atoms. The molecule has 0 fully saturated rings. The largest absolute Gasteiger partial charge is 1.00 e. The van der Waals surface area contributed by atoms with Crippen molar-refractivity contribution in [1.29, 1.82) is 0 Å². The van der Waals surface area contributed by atoms with Gasteiger partial charge >= 0.3 is 53.4 Å². The molecule has 11 nitrogen and oxygen atoms in total. The van der Waals surface area contributed by atoms with E-state index in [0.29, 0.717) is 42.0 Å². The summed E-state index contributed by atoms with van der Waals surface area (Å²) in [4.78, 5) is 49.1. The van der Waals surface area contributed by atoms with Crippen LogP contribution in [0.25, 0.3) is 44.1 Å². The molecule has 0 aliphatic carbocycles. The van der Waals surface area contributed by atoms with E-state index in [1.54, 1.807) is 24.3 Å². The second kappa shape index (κ2) is 23.2. The average Bonchev–Trinajstić information content (AvgIpc) is 3.70. The number of carbonyl (C=O) groups is 4. The second-order valence-electron chi connectivity index (χ2n) is 19.6. The van der Waals surface area contributed by atoms with Gasteiger partial charge in [-0.3, -0.25) is 0 Å². The maximum absolute atomic E-state index is 12.8. The molecular formula is C60H63N2NaO9. The van der Waals surface area contributed by atoms with Gasteiger partial charge in [0, 0.05) is 46.3 Å². The smallest absolute Gasteiger partial charge is 0.870 e. The standard InChI is InChI=1S/C31H33NO4.C29H29NO4.Na.H2O/c1-7-35-29(33)24-16-17-28-27(18-24)20(2)21(3)32(28)19-22-12-14-23(15-13-22)25-10-8-9-11-26(25)30(34)36-31(4,5)6;1-18-19(2)30(26-15-14-22(27(31)32)16-25(18)26)17-20-10-12-21(13-11-20)23-8-6-7-9-24(23)28(33)34-29(3,4)5;;/h8-18H,7,19H2,1-6H3;6-16H,17H2,1-5H3,(H,31,32);;1H2/q;;+1;/p-1. The van der Waals surface area contributed by atoms with E-state index in [1.807, 2.05) is 140 Å². The number of carboxylic acid groups (broad SMARTS) is 1. The van der Waals surface area contributed by atoms with Crippen molar-refractivity contribution < 1.29 is 73.5 Å². The first-order valence-corrected chi connectivity index (χ1v) is 23.6. The number of esters is 3. The molecule has 72 heavy (non-hydrogen) atoms. The molecule has 0 bridgehead atoms. The Morgan fingerprint density at radius 1 is 0.514 bits per heavy atom. The Balaban J connectivity index is 0.000000261. The van der Waals surface area contributed by atoms with Gasteiger partial charge < -0.3 is 33.9 Å². The molecule has 0 atom stereocenters. The van der Waals surface area contributed by atoms with E-state index in [-0.39, 0.29) is 52.9 Å². The SMILES string of the molecule is CCOC(=O)c1ccc2c(c1)c(C)c(C)n2Cc1ccc(-c2ccccc2C(=O)OC(C)(C)C)cc1.Cc1c(C)n(Cc2ccc(-c3ccccc3C(=O)OC(C)(C)C)cc2)c2ccc(C(=O)O)cc12.[Na+].[OH-]. The summed E-state index contributed by atoms with van der Waals surface area (Å²) in [5.74, 6) is -1.88. The fourth-order valence-corrected chi connectivity index (χ4v) is 8.62. The topological polar surface area (TPSA) is 156 Å². The molecule has 0 unspecified atom stereocenters. The average molecular weight is 979 g/mol. The van der Waals surface area contributed by atoms with Gasteiger partial charge in [0.05, 0.1) is 28.9 Å². The molecule has 2 N–H and O–H groups in total. The number of aryl methyl sites for hydroxylation is 2.